The lowest BCUT2D eigenvalue weighted by Crippen LogP contribution is -2.55. The van der Waals surface area contributed by atoms with E-state index < -0.39 is 0 Å². The molecule has 120 valence electrons. The summed E-state index contributed by atoms with van der Waals surface area (Å²) >= 11 is 0. The van der Waals surface area contributed by atoms with Crippen molar-refractivity contribution in [3.8, 4) is 0 Å². The molecule has 0 aromatic heterocycles. The Kier molecular flexibility index (Phi) is 5.17. The Balaban J connectivity index is 1.39. The number of piperidine rings is 2. The molecule has 0 radical (unpaired) electrons. The van der Waals surface area contributed by atoms with Crippen LogP contribution in [0.2, 0.25) is 0 Å². The number of carbonyl (C=O) groups excluding carboxylic acids is 1. The van der Waals surface area contributed by atoms with E-state index in [0.29, 0.717) is 18.6 Å². The fourth-order valence-electron chi connectivity index (χ4n) is 4.55. The molecule has 2 N–H and O–H groups in total. The van der Waals surface area contributed by atoms with Crippen LogP contribution in [0, 0.1) is 0 Å². The predicted molar refractivity (Wildman–Crippen MR) is 85.2 cm³/mol. The molecule has 0 aromatic rings. The van der Waals surface area contributed by atoms with Gasteiger partial charge in [0, 0.05) is 24.2 Å². The number of carbonyl (C=O) groups is 1. The van der Waals surface area contributed by atoms with Crippen LogP contribution in [0.4, 0.5) is 0 Å². The van der Waals surface area contributed by atoms with Crippen LogP contribution in [-0.2, 0) is 4.79 Å². The molecule has 1 amide bonds. The van der Waals surface area contributed by atoms with E-state index in [1.807, 2.05) is 0 Å². The first-order valence-electron chi connectivity index (χ1n) is 8.97. The van der Waals surface area contributed by atoms with Crippen LogP contribution in [0.25, 0.3) is 0 Å². The molecule has 2 aliphatic heterocycles. The van der Waals surface area contributed by atoms with Crippen molar-refractivity contribution in [3.05, 3.63) is 0 Å². The molecular formula is C17H31N3O. The van der Waals surface area contributed by atoms with Gasteiger partial charge < -0.3 is 15.5 Å². The molecule has 1 aliphatic carbocycles. The predicted octanol–water partition coefficient (Wildman–Crippen LogP) is 2.04. The highest BCUT2D eigenvalue weighted by molar-refractivity contribution is 5.78. The molecule has 2 bridgehead atoms. The molecule has 21 heavy (non-hydrogen) atoms. The van der Waals surface area contributed by atoms with Crippen molar-refractivity contribution in [1.29, 1.82) is 0 Å². The zero-order chi connectivity index (χ0) is 14.7. The van der Waals surface area contributed by atoms with Gasteiger partial charge in [-0.05, 0) is 45.6 Å². The summed E-state index contributed by atoms with van der Waals surface area (Å²) in [5.74, 6) is 0.200. The number of hydrogen-bond donors (Lipinski definition) is 2. The van der Waals surface area contributed by atoms with Gasteiger partial charge in [-0.1, -0.05) is 25.7 Å². The molecule has 3 aliphatic rings. The topological polar surface area (TPSA) is 44.4 Å². The second-order valence-electron chi connectivity index (χ2n) is 7.36. The van der Waals surface area contributed by atoms with Crippen molar-refractivity contribution >= 4 is 5.91 Å². The smallest absolute Gasteiger partial charge is 0.234 e. The summed E-state index contributed by atoms with van der Waals surface area (Å²) in [7, 11) is 2.28. The minimum absolute atomic E-state index is 0.200. The average molecular weight is 293 g/mol. The maximum atomic E-state index is 12.1. The first-order chi connectivity index (χ1) is 10.2. The van der Waals surface area contributed by atoms with Crippen molar-refractivity contribution in [1.82, 2.24) is 15.5 Å². The van der Waals surface area contributed by atoms with E-state index in [-0.39, 0.29) is 5.91 Å². The minimum Gasteiger partial charge on any atom is -0.352 e. The number of fused-ring (bicyclic) bond motifs is 2. The molecular weight excluding hydrogens is 262 g/mol. The second kappa shape index (κ2) is 7.10. The minimum atomic E-state index is 0.200. The van der Waals surface area contributed by atoms with Crippen molar-refractivity contribution < 1.29 is 4.79 Å². The molecule has 0 aromatic carbocycles. The van der Waals surface area contributed by atoms with E-state index in [4.69, 9.17) is 0 Å². The lowest BCUT2D eigenvalue weighted by molar-refractivity contribution is -0.121. The third-order valence-electron chi connectivity index (χ3n) is 5.86. The first kappa shape index (κ1) is 15.3. The SMILES string of the molecule is CN1C2CCCC1CC(NCC(=O)NC1CCCCC1)C2. The molecule has 1 saturated carbocycles. The van der Waals surface area contributed by atoms with E-state index in [1.54, 1.807) is 0 Å². The largest absolute Gasteiger partial charge is 0.352 e. The van der Waals surface area contributed by atoms with E-state index in [0.717, 1.165) is 12.1 Å². The normalized spacial score (nSPS) is 34.6. The summed E-state index contributed by atoms with van der Waals surface area (Å²) < 4.78 is 0. The quantitative estimate of drug-likeness (QED) is 0.834. The maximum absolute atomic E-state index is 12.1. The highest BCUT2D eigenvalue weighted by Gasteiger charge is 2.35. The summed E-state index contributed by atoms with van der Waals surface area (Å²) in [6.45, 7) is 0.504. The zero-order valence-electron chi connectivity index (χ0n) is 13.4. The molecule has 2 heterocycles. The average Bonchev–Trinajstić information content (AvgIpc) is 2.46. The van der Waals surface area contributed by atoms with Crippen molar-refractivity contribution in [2.45, 2.75) is 88.4 Å². The molecule has 2 unspecified atom stereocenters. The number of amides is 1. The Morgan fingerprint density at radius 2 is 1.62 bits per heavy atom. The van der Waals surface area contributed by atoms with Crippen LogP contribution in [0.5, 0.6) is 0 Å². The maximum Gasteiger partial charge on any atom is 0.234 e. The Hall–Kier alpha value is -0.610. The third kappa shape index (κ3) is 3.98. The molecule has 3 fully saturated rings. The third-order valence-corrected chi connectivity index (χ3v) is 5.86. The fourth-order valence-corrected chi connectivity index (χ4v) is 4.55. The van der Waals surface area contributed by atoms with Crippen LogP contribution >= 0.6 is 0 Å². The van der Waals surface area contributed by atoms with Crippen LogP contribution in [0.15, 0.2) is 0 Å². The number of hydrogen-bond acceptors (Lipinski definition) is 3. The number of nitrogens with zero attached hydrogens (tertiary/aromatic N) is 1. The van der Waals surface area contributed by atoms with E-state index in [2.05, 4.69) is 22.6 Å². The van der Waals surface area contributed by atoms with Crippen LogP contribution in [-0.4, -0.2) is 48.6 Å². The van der Waals surface area contributed by atoms with Gasteiger partial charge in [0.25, 0.3) is 0 Å². The molecule has 4 nitrogen and oxygen atoms in total. The van der Waals surface area contributed by atoms with Gasteiger partial charge in [0.1, 0.15) is 0 Å². The number of rotatable bonds is 4. The lowest BCUT2D eigenvalue weighted by atomic mass is 9.82. The van der Waals surface area contributed by atoms with E-state index in [9.17, 15) is 4.79 Å². The van der Waals surface area contributed by atoms with Gasteiger partial charge in [-0.2, -0.15) is 0 Å². The van der Waals surface area contributed by atoms with Gasteiger partial charge in [-0.15, -0.1) is 0 Å². The molecule has 2 atom stereocenters. The van der Waals surface area contributed by atoms with E-state index >= 15 is 0 Å². The fraction of sp³-hybridized carbons (Fsp3) is 0.941. The molecule has 4 heteroatoms. The van der Waals surface area contributed by atoms with Gasteiger partial charge >= 0.3 is 0 Å². The van der Waals surface area contributed by atoms with Gasteiger partial charge in [0.15, 0.2) is 0 Å². The second-order valence-corrected chi connectivity index (χ2v) is 7.36. The first-order valence-corrected chi connectivity index (χ1v) is 8.97. The van der Waals surface area contributed by atoms with Crippen molar-refractivity contribution in [2.75, 3.05) is 13.6 Å². The van der Waals surface area contributed by atoms with E-state index in [1.165, 1.54) is 64.2 Å². The highest BCUT2D eigenvalue weighted by atomic mass is 16.2. The lowest BCUT2D eigenvalue weighted by Gasteiger charge is -2.47. The van der Waals surface area contributed by atoms with Crippen LogP contribution < -0.4 is 10.6 Å². The summed E-state index contributed by atoms with van der Waals surface area (Å²) in [6.07, 6.45) is 12.7. The van der Waals surface area contributed by atoms with Crippen LogP contribution in [0.1, 0.15) is 64.2 Å². The van der Waals surface area contributed by atoms with Gasteiger partial charge in [0.05, 0.1) is 6.54 Å². The number of nitrogens with one attached hydrogen (secondary N) is 2. The molecule has 3 rings (SSSR count). The summed E-state index contributed by atoms with van der Waals surface area (Å²) in [6, 6.07) is 2.44. The monoisotopic (exact) mass is 293 g/mol. The zero-order valence-corrected chi connectivity index (χ0v) is 13.4. The molecule has 0 spiro atoms. The summed E-state index contributed by atoms with van der Waals surface area (Å²) in [4.78, 5) is 14.7. The van der Waals surface area contributed by atoms with Gasteiger partial charge in [-0.3, -0.25) is 4.79 Å². The Bertz CT molecular complexity index is 340. The molecule has 2 saturated heterocycles. The summed E-state index contributed by atoms with van der Waals surface area (Å²) in [5.41, 5.74) is 0. The van der Waals surface area contributed by atoms with Crippen LogP contribution in [0.3, 0.4) is 0 Å². The Labute approximate surface area is 129 Å². The van der Waals surface area contributed by atoms with Gasteiger partial charge in [0.2, 0.25) is 5.91 Å². The Morgan fingerprint density at radius 3 is 2.29 bits per heavy atom. The highest BCUT2D eigenvalue weighted by Crippen LogP contribution is 2.32. The van der Waals surface area contributed by atoms with Gasteiger partial charge in [-0.25, -0.2) is 0 Å². The van der Waals surface area contributed by atoms with Crippen molar-refractivity contribution in [2.24, 2.45) is 0 Å². The summed E-state index contributed by atoms with van der Waals surface area (Å²) in [5, 5.41) is 6.73. The Morgan fingerprint density at radius 1 is 0.952 bits per heavy atom. The standard InChI is InChI=1S/C17H31N3O/c1-20-15-8-5-9-16(20)11-14(10-15)18-12-17(21)19-13-6-3-2-4-7-13/h13-16,18H,2-12H2,1H3,(H,19,21). The van der Waals surface area contributed by atoms with Crippen molar-refractivity contribution in [3.63, 3.8) is 0 Å².